The van der Waals surface area contributed by atoms with Gasteiger partial charge in [-0.1, -0.05) is 31.0 Å². The first-order chi connectivity index (χ1) is 13.2. The summed E-state index contributed by atoms with van der Waals surface area (Å²) in [6, 6.07) is 9.89. The first kappa shape index (κ1) is 18.5. The molecule has 0 spiro atoms. The van der Waals surface area contributed by atoms with E-state index in [1.807, 2.05) is 35.2 Å². The average molecular weight is 370 g/mol. The maximum Gasteiger partial charge on any atom is 0.251 e. The van der Waals surface area contributed by atoms with Gasteiger partial charge in [-0.15, -0.1) is 0 Å². The summed E-state index contributed by atoms with van der Waals surface area (Å²) in [7, 11) is 0. The Morgan fingerprint density at radius 3 is 2.70 bits per heavy atom. The van der Waals surface area contributed by atoms with E-state index in [0.29, 0.717) is 30.0 Å². The zero-order valence-corrected chi connectivity index (χ0v) is 16.0. The molecule has 1 aromatic rings. The number of fused-ring (bicyclic) bond motifs is 1. The zero-order chi connectivity index (χ0) is 18.6. The number of nitrogens with one attached hydrogen (secondary N) is 2. The van der Waals surface area contributed by atoms with Gasteiger partial charge in [0.05, 0.1) is 6.04 Å². The van der Waals surface area contributed by atoms with E-state index < -0.39 is 0 Å². The largest absolute Gasteiger partial charge is 0.352 e. The third-order valence-corrected chi connectivity index (χ3v) is 6.58. The summed E-state index contributed by atoms with van der Waals surface area (Å²) >= 11 is 0. The van der Waals surface area contributed by atoms with Crippen LogP contribution in [0.2, 0.25) is 0 Å². The van der Waals surface area contributed by atoms with Crippen LogP contribution in [-0.2, 0) is 4.79 Å². The van der Waals surface area contributed by atoms with Gasteiger partial charge < -0.3 is 15.5 Å². The van der Waals surface area contributed by atoms with Gasteiger partial charge >= 0.3 is 0 Å². The van der Waals surface area contributed by atoms with Crippen molar-refractivity contribution in [2.75, 3.05) is 19.6 Å². The summed E-state index contributed by atoms with van der Waals surface area (Å²) < 4.78 is 0. The number of nitrogens with zero attached hydrogens (tertiary/aromatic N) is 1. The summed E-state index contributed by atoms with van der Waals surface area (Å²) in [6.07, 6.45) is 8.21. The molecular weight excluding hydrogens is 338 g/mol. The molecule has 2 N–H and O–H groups in total. The molecule has 0 radical (unpaired) electrons. The summed E-state index contributed by atoms with van der Waals surface area (Å²) in [6.45, 7) is 2.26. The second-order valence-electron chi connectivity index (χ2n) is 8.47. The zero-order valence-electron chi connectivity index (χ0n) is 16.0. The fraction of sp³-hybridized carbons (Fsp3) is 0.636. The molecule has 27 heavy (non-hydrogen) atoms. The Morgan fingerprint density at radius 1 is 1.07 bits per heavy atom. The van der Waals surface area contributed by atoms with Gasteiger partial charge in [0.25, 0.3) is 5.91 Å². The smallest absolute Gasteiger partial charge is 0.251 e. The third kappa shape index (κ3) is 4.34. The molecule has 146 valence electrons. The SMILES string of the molecule is O=C(NCC1CCCN(C(=O)C2CC3CCCCC3N2)C1)c1ccccc1. The lowest BCUT2D eigenvalue weighted by Crippen LogP contribution is -2.50. The Balaban J connectivity index is 1.28. The van der Waals surface area contributed by atoms with Crippen molar-refractivity contribution in [3.63, 3.8) is 0 Å². The molecule has 3 fully saturated rings. The van der Waals surface area contributed by atoms with E-state index >= 15 is 0 Å². The average Bonchev–Trinajstić information content (AvgIpc) is 3.16. The Kier molecular flexibility index (Phi) is 5.77. The van der Waals surface area contributed by atoms with Crippen LogP contribution in [0, 0.1) is 11.8 Å². The van der Waals surface area contributed by atoms with Gasteiger partial charge in [-0.2, -0.15) is 0 Å². The van der Waals surface area contributed by atoms with Gasteiger partial charge in [0, 0.05) is 31.2 Å². The number of hydrogen-bond donors (Lipinski definition) is 2. The summed E-state index contributed by atoms with van der Waals surface area (Å²) in [5.74, 6) is 1.29. The van der Waals surface area contributed by atoms with Crippen LogP contribution in [0.15, 0.2) is 30.3 Å². The maximum absolute atomic E-state index is 13.0. The van der Waals surface area contributed by atoms with E-state index in [2.05, 4.69) is 10.6 Å². The highest BCUT2D eigenvalue weighted by atomic mass is 16.2. The Morgan fingerprint density at radius 2 is 1.89 bits per heavy atom. The molecule has 5 nitrogen and oxygen atoms in total. The number of benzene rings is 1. The summed E-state index contributed by atoms with van der Waals surface area (Å²) in [5.41, 5.74) is 0.694. The molecule has 2 heterocycles. The highest BCUT2D eigenvalue weighted by Crippen LogP contribution is 2.34. The van der Waals surface area contributed by atoms with Crippen LogP contribution < -0.4 is 10.6 Å². The molecule has 1 aromatic carbocycles. The van der Waals surface area contributed by atoms with Gasteiger partial charge in [0.2, 0.25) is 5.91 Å². The molecule has 2 amide bonds. The molecule has 2 saturated heterocycles. The van der Waals surface area contributed by atoms with Crippen LogP contribution in [-0.4, -0.2) is 48.4 Å². The number of piperidine rings is 1. The van der Waals surface area contributed by atoms with Crippen molar-refractivity contribution >= 4 is 11.8 Å². The fourth-order valence-electron chi connectivity index (χ4n) is 5.09. The molecule has 1 aliphatic carbocycles. The number of carbonyl (C=O) groups excluding carboxylic acids is 2. The van der Waals surface area contributed by atoms with Crippen molar-refractivity contribution < 1.29 is 9.59 Å². The van der Waals surface area contributed by atoms with E-state index in [1.54, 1.807) is 0 Å². The van der Waals surface area contributed by atoms with Crippen LogP contribution in [0.3, 0.4) is 0 Å². The number of amides is 2. The first-order valence-electron chi connectivity index (χ1n) is 10.6. The van der Waals surface area contributed by atoms with Gasteiger partial charge in [0.15, 0.2) is 0 Å². The molecule has 0 bridgehead atoms. The topological polar surface area (TPSA) is 61.4 Å². The Labute approximate surface area is 161 Å². The van der Waals surface area contributed by atoms with Crippen molar-refractivity contribution in [1.82, 2.24) is 15.5 Å². The minimum Gasteiger partial charge on any atom is -0.352 e. The van der Waals surface area contributed by atoms with Crippen molar-refractivity contribution in [3.8, 4) is 0 Å². The minimum atomic E-state index is -0.0272. The Hall–Kier alpha value is -1.88. The number of carbonyl (C=O) groups is 2. The van der Waals surface area contributed by atoms with Crippen molar-refractivity contribution in [2.45, 2.75) is 57.0 Å². The van der Waals surface area contributed by atoms with Gasteiger partial charge in [0.1, 0.15) is 0 Å². The second kappa shape index (κ2) is 8.42. The van der Waals surface area contributed by atoms with Crippen molar-refractivity contribution in [2.24, 2.45) is 11.8 Å². The van der Waals surface area contributed by atoms with Gasteiger partial charge in [-0.3, -0.25) is 9.59 Å². The molecule has 4 rings (SSSR count). The lowest BCUT2D eigenvalue weighted by atomic mass is 9.85. The Bertz CT molecular complexity index is 649. The molecule has 3 aliphatic rings. The molecule has 0 aromatic heterocycles. The van der Waals surface area contributed by atoms with Crippen LogP contribution in [0.4, 0.5) is 0 Å². The molecule has 2 aliphatic heterocycles. The maximum atomic E-state index is 13.0. The molecule has 5 heteroatoms. The fourth-order valence-corrected chi connectivity index (χ4v) is 5.09. The second-order valence-corrected chi connectivity index (χ2v) is 8.47. The molecule has 4 atom stereocenters. The predicted octanol–water partition coefficient (Wildman–Crippen LogP) is 2.58. The molecular formula is C22H31N3O2. The standard InChI is InChI=1S/C22H31N3O2/c26-21(17-8-2-1-3-9-17)23-14-16-7-6-12-25(15-16)22(27)20-13-18-10-4-5-11-19(18)24-20/h1-3,8-9,16,18-20,24H,4-7,10-15H2,(H,23,26). The predicted molar refractivity (Wildman–Crippen MR) is 105 cm³/mol. The van der Waals surface area contributed by atoms with Crippen LogP contribution in [0.25, 0.3) is 0 Å². The van der Waals surface area contributed by atoms with Gasteiger partial charge in [-0.25, -0.2) is 0 Å². The monoisotopic (exact) mass is 369 g/mol. The van der Waals surface area contributed by atoms with Gasteiger partial charge in [-0.05, 0) is 56.1 Å². The summed E-state index contributed by atoms with van der Waals surface area (Å²) in [4.78, 5) is 27.3. The molecule has 4 unspecified atom stereocenters. The lowest BCUT2D eigenvalue weighted by molar-refractivity contribution is -0.135. The number of rotatable bonds is 4. The normalized spacial score (nSPS) is 30.6. The third-order valence-electron chi connectivity index (χ3n) is 6.58. The van der Waals surface area contributed by atoms with E-state index in [0.717, 1.165) is 32.4 Å². The molecule has 1 saturated carbocycles. The number of likely N-dealkylation sites (tertiary alicyclic amines) is 1. The van der Waals surface area contributed by atoms with E-state index in [4.69, 9.17) is 0 Å². The minimum absolute atomic E-state index is 0.00996. The van der Waals surface area contributed by atoms with E-state index in [-0.39, 0.29) is 17.9 Å². The van der Waals surface area contributed by atoms with Crippen LogP contribution in [0.1, 0.15) is 55.3 Å². The first-order valence-corrected chi connectivity index (χ1v) is 10.6. The number of hydrogen-bond acceptors (Lipinski definition) is 3. The van der Waals surface area contributed by atoms with Crippen molar-refractivity contribution in [1.29, 1.82) is 0 Å². The van der Waals surface area contributed by atoms with E-state index in [9.17, 15) is 9.59 Å². The van der Waals surface area contributed by atoms with Crippen LogP contribution >= 0.6 is 0 Å². The van der Waals surface area contributed by atoms with Crippen LogP contribution in [0.5, 0.6) is 0 Å². The summed E-state index contributed by atoms with van der Waals surface area (Å²) in [5, 5.41) is 6.66. The highest BCUT2D eigenvalue weighted by Gasteiger charge is 2.40. The lowest BCUT2D eigenvalue weighted by Gasteiger charge is -2.34. The quantitative estimate of drug-likeness (QED) is 0.858. The highest BCUT2D eigenvalue weighted by molar-refractivity contribution is 5.94. The van der Waals surface area contributed by atoms with Crippen molar-refractivity contribution in [3.05, 3.63) is 35.9 Å². The van der Waals surface area contributed by atoms with E-state index in [1.165, 1.54) is 25.7 Å².